The van der Waals surface area contributed by atoms with Crippen molar-refractivity contribution in [1.29, 1.82) is 0 Å². The molecule has 0 radical (unpaired) electrons. The number of aliphatic hydroxyl groups is 1. The van der Waals surface area contributed by atoms with Crippen LogP contribution in [0, 0.1) is 10.1 Å². The summed E-state index contributed by atoms with van der Waals surface area (Å²) in [6.07, 6.45) is 0. The maximum absolute atomic E-state index is 10.8. The molecular weight excluding hydrogens is 264 g/mol. The van der Waals surface area contributed by atoms with Crippen LogP contribution in [-0.4, -0.2) is 33.6 Å². The van der Waals surface area contributed by atoms with E-state index in [9.17, 15) is 15.2 Å². The summed E-state index contributed by atoms with van der Waals surface area (Å²) < 4.78 is 0.159. The molecule has 104 valence electrons. The van der Waals surface area contributed by atoms with Gasteiger partial charge in [0.2, 0.25) is 0 Å². The van der Waals surface area contributed by atoms with Crippen LogP contribution in [0.4, 0.5) is 11.4 Å². The molecule has 1 aromatic rings. The minimum absolute atomic E-state index is 0.0263. The number of aliphatic hydroxyl groups excluding tert-OH is 1. The molecule has 1 aromatic carbocycles. The fraction of sp³-hybridized carbons (Fsp3) is 0.538. The largest absolute Gasteiger partial charge is 0.392 e. The Labute approximate surface area is 116 Å². The van der Waals surface area contributed by atoms with Crippen molar-refractivity contribution in [2.24, 2.45) is 0 Å². The third-order valence-electron chi connectivity index (χ3n) is 3.21. The number of nitro benzene ring substituents is 1. The third kappa shape index (κ3) is 3.19. The number of nitrogens with zero attached hydrogens (tertiary/aromatic N) is 2. The van der Waals surface area contributed by atoms with Crippen LogP contribution >= 0.6 is 11.8 Å². The van der Waals surface area contributed by atoms with Crippen LogP contribution in [0.2, 0.25) is 0 Å². The van der Waals surface area contributed by atoms with Crippen LogP contribution in [0.5, 0.6) is 0 Å². The van der Waals surface area contributed by atoms with Crippen molar-refractivity contribution in [3.8, 4) is 0 Å². The summed E-state index contributed by atoms with van der Waals surface area (Å²) in [6.45, 7) is 5.98. The highest BCUT2D eigenvalue weighted by Gasteiger charge is 2.28. The van der Waals surface area contributed by atoms with Gasteiger partial charge in [-0.3, -0.25) is 10.1 Å². The summed E-state index contributed by atoms with van der Waals surface area (Å²) in [4.78, 5) is 12.5. The Morgan fingerprint density at radius 2 is 2.26 bits per heavy atom. The highest BCUT2D eigenvalue weighted by molar-refractivity contribution is 8.00. The summed E-state index contributed by atoms with van der Waals surface area (Å²) in [6, 6.07) is 4.71. The minimum Gasteiger partial charge on any atom is -0.392 e. The average Bonchev–Trinajstić information content (AvgIpc) is 2.36. The molecule has 1 aliphatic rings. The number of nitro groups is 1. The van der Waals surface area contributed by atoms with E-state index in [0.29, 0.717) is 5.56 Å². The number of benzene rings is 1. The molecule has 6 heteroatoms. The van der Waals surface area contributed by atoms with E-state index in [1.807, 2.05) is 11.8 Å². The molecule has 0 amide bonds. The molecule has 1 fully saturated rings. The van der Waals surface area contributed by atoms with E-state index in [-0.39, 0.29) is 17.0 Å². The van der Waals surface area contributed by atoms with Crippen molar-refractivity contribution < 1.29 is 10.0 Å². The van der Waals surface area contributed by atoms with Crippen LogP contribution in [-0.2, 0) is 6.61 Å². The quantitative estimate of drug-likeness (QED) is 0.681. The summed E-state index contributed by atoms with van der Waals surface area (Å²) in [7, 11) is 0. The standard InChI is InChI=1S/C13H18N2O3S/c1-13(2)9-14(5-6-19-13)12-4-3-11(15(17)18)7-10(12)8-16/h3-4,7,16H,5-6,8-9H2,1-2H3. The van der Waals surface area contributed by atoms with Crippen molar-refractivity contribution in [3.63, 3.8) is 0 Å². The maximum atomic E-state index is 10.8. The molecule has 1 saturated heterocycles. The van der Waals surface area contributed by atoms with E-state index in [4.69, 9.17) is 0 Å². The highest BCUT2D eigenvalue weighted by Crippen LogP contribution is 2.34. The average molecular weight is 282 g/mol. The molecule has 0 atom stereocenters. The molecule has 0 aliphatic carbocycles. The predicted octanol–water partition coefficient (Wildman–Crippen LogP) is 2.42. The van der Waals surface area contributed by atoms with E-state index in [1.54, 1.807) is 6.07 Å². The second-order valence-corrected chi connectivity index (χ2v) is 7.06. The summed E-state index contributed by atoms with van der Waals surface area (Å²) in [5.74, 6) is 1.02. The third-order valence-corrected chi connectivity index (χ3v) is 4.51. The molecule has 1 aliphatic heterocycles. The zero-order valence-corrected chi connectivity index (χ0v) is 11.9. The normalized spacial score (nSPS) is 18.4. The zero-order chi connectivity index (χ0) is 14.0. The molecule has 19 heavy (non-hydrogen) atoms. The highest BCUT2D eigenvalue weighted by atomic mass is 32.2. The maximum Gasteiger partial charge on any atom is 0.269 e. The SMILES string of the molecule is CC1(C)CN(c2ccc([N+](=O)[O-])cc2CO)CCS1. The Hall–Kier alpha value is -1.27. The number of hydrogen-bond donors (Lipinski definition) is 1. The second-order valence-electron chi connectivity index (χ2n) is 5.26. The number of thioether (sulfide) groups is 1. The monoisotopic (exact) mass is 282 g/mol. The van der Waals surface area contributed by atoms with Gasteiger partial charge in [0, 0.05) is 47.0 Å². The van der Waals surface area contributed by atoms with Gasteiger partial charge in [0.25, 0.3) is 5.69 Å². The van der Waals surface area contributed by atoms with Gasteiger partial charge in [0.05, 0.1) is 11.5 Å². The smallest absolute Gasteiger partial charge is 0.269 e. The molecule has 0 unspecified atom stereocenters. The van der Waals surface area contributed by atoms with E-state index < -0.39 is 4.92 Å². The summed E-state index contributed by atoms with van der Waals surface area (Å²) in [5, 5.41) is 20.2. The van der Waals surface area contributed by atoms with Crippen LogP contribution in [0.15, 0.2) is 18.2 Å². The van der Waals surface area contributed by atoms with Crippen molar-refractivity contribution >= 4 is 23.1 Å². The molecule has 0 bridgehead atoms. The van der Waals surface area contributed by atoms with Crippen LogP contribution < -0.4 is 4.90 Å². The van der Waals surface area contributed by atoms with E-state index in [2.05, 4.69) is 18.7 Å². The van der Waals surface area contributed by atoms with Gasteiger partial charge in [-0.05, 0) is 19.9 Å². The lowest BCUT2D eigenvalue weighted by molar-refractivity contribution is -0.384. The van der Waals surface area contributed by atoms with E-state index in [1.165, 1.54) is 12.1 Å². The van der Waals surface area contributed by atoms with Crippen molar-refractivity contribution in [2.75, 3.05) is 23.7 Å². The Bertz CT molecular complexity index is 491. The van der Waals surface area contributed by atoms with Gasteiger partial charge in [-0.25, -0.2) is 0 Å². The molecule has 0 saturated carbocycles. The van der Waals surface area contributed by atoms with Gasteiger partial charge < -0.3 is 10.0 Å². The van der Waals surface area contributed by atoms with Gasteiger partial charge in [0.1, 0.15) is 0 Å². The second kappa shape index (κ2) is 5.38. The Balaban J connectivity index is 2.31. The number of hydrogen-bond acceptors (Lipinski definition) is 5. The fourth-order valence-electron chi connectivity index (χ4n) is 2.34. The fourth-order valence-corrected chi connectivity index (χ4v) is 3.45. The first-order valence-corrected chi connectivity index (χ1v) is 7.18. The van der Waals surface area contributed by atoms with Crippen molar-refractivity contribution in [1.82, 2.24) is 0 Å². The number of anilines is 1. The lowest BCUT2D eigenvalue weighted by Crippen LogP contribution is -2.43. The van der Waals surface area contributed by atoms with Crippen LogP contribution in [0.1, 0.15) is 19.4 Å². The first-order valence-electron chi connectivity index (χ1n) is 6.20. The molecule has 0 aromatic heterocycles. The lowest BCUT2D eigenvalue weighted by Gasteiger charge is -2.39. The van der Waals surface area contributed by atoms with Gasteiger partial charge in [-0.1, -0.05) is 0 Å². The molecule has 0 spiro atoms. The number of rotatable bonds is 3. The Morgan fingerprint density at radius 1 is 1.53 bits per heavy atom. The van der Waals surface area contributed by atoms with Crippen LogP contribution in [0.25, 0.3) is 0 Å². The molecule has 1 heterocycles. The Kier molecular flexibility index (Phi) is 4.01. The first-order chi connectivity index (χ1) is 8.93. The van der Waals surface area contributed by atoms with Crippen LogP contribution in [0.3, 0.4) is 0 Å². The topological polar surface area (TPSA) is 66.6 Å². The summed E-state index contributed by atoms with van der Waals surface area (Å²) >= 11 is 1.93. The lowest BCUT2D eigenvalue weighted by atomic mass is 10.1. The van der Waals surface area contributed by atoms with Gasteiger partial charge in [0.15, 0.2) is 0 Å². The van der Waals surface area contributed by atoms with E-state index in [0.717, 1.165) is 24.5 Å². The zero-order valence-electron chi connectivity index (χ0n) is 11.1. The van der Waals surface area contributed by atoms with Gasteiger partial charge >= 0.3 is 0 Å². The first kappa shape index (κ1) is 14.1. The molecule has 1 N–H and O–H groups in total. The van der Waals surface area contributed by atoms with Gasteiger partial charge in [-0.15, -0.1) is 0 Å². The summed E-state index contributed by atoms with van der Waals surface area (Å²) in [5.41, 5.74) is 1.55. The Morgan fingerprint density at radius 3 is 2.84 bits per heavy atom. The minimum atomic E-state index is -0.432. The van der Waals surface area contributed by atoms with E-state index >= 15 is 0 Å². The van der Waals surface area contributed by atoms with Crippen molar-refractivity contribution in [2.45, 2.75) is 25.2 Å². The van der Waals surface area contributed by atoms with Crippen molar-refractivity contribution in [3.05, 3.63) is 33.9 Å². The van der Waals surface area contributed by atoms with Gasteiger partial charge in [-0.2, -0.15) is 11.8 Å². The number of non-ortho nitro benzene ring substituents is 1. The molecule has 2 rings (SSSR count). The predicted molar refractivity (Wildman–Crippen MR) is 77.8 cm³/mol. The molecular formula is C13H18N2O3S. The molecule has 5 nitrogen and oxygen atoms in total.